The van der Waals surface area contributed by atoms with Crippen molar-refractivity contribution >= 4 is 10.0 Å². The molecular formula is C26H40N2O4S. The highest BCUT2D eigenvalue weighted by Gasteiger charge is 2.38. The summed E-state index contributed by atoms with van der Waals surface area (Å²) in [5.74, 6) is 7.40. The smallest absolute Gasteiger partial charge is 0.247 e. The first-order chi connectivity index (χ1) is 15.8. The summed E-state index contributed by atoms with van der Waals surface area (Å²) in [6.45, 7) is 7.63. The van der Waals surface area contributed by atoms with Gasteiger partial charge in [-0.25, -0.2) is 8.42 Å². The highest BCUT2D eigenvalue weighted by molar-refractivity contribution is 7.89. The van der Waals surface area contributed by atoms with Crippen molar-refractivity contribution in [2.45, 2.75) is 76.3 Å². The van der Waals surface area contributed by atoms with Gasteiger partial charge in [-0.1, -0.05) is 45.0 Å². The molecule has 2 aliphatic rings. The molecule has 3 rings (SSSR count). The molecular weight excluding hydrogens is 436 g/mol. The lowest BCUT2D eigenvalue weighted by Crippen LogP contribution is -2.49. The van der Waals surface area contributed by atoms with E-state index in [-0.39, 0.29) is 23.5 Å². The average Bonchev–Trinajstić information content (AvgIpc) is 2.80. The van der Waals surface area contributed by atoms with Gasteiger partial charge in [-0.05, 0) is 58.0 Å². The molecule has 0 spiro atoms. The monoisotopic (exact) mass is 476 g/mol. The van der Waals surface area contributed by atoms with E-state index in [1.807, 2.05) is 6.92 Å². The average molecular weight is 477 g/mol. The predicted octanol–water partition coefficient (Wildman–Crippen LogP) is 3.73. The molecule has 6 nitrogen and oxygen atoms in total. The highest BCUT2D eigenvalue weighted by Crippen LogP contribution is 2.34. The van der Waals surface area contributed by atoms with Crippen LogP contribution in [0.1, 0.15) is 64.9 Å². The minimum atomic E-state index is -3.81. The van der Waals surface area contributed by atoms with Crippen molar-refractivity contribution in [3.8, 4) is 17.6 Å². The van der Waals surface area contributed by atoms with Gasteiger partial charge in [0.1, 0.15) is 16.7 Å². The number of aliphatic hydroxyl groups excluding tert-OH is 1. The van der Waals surface area contributed by atoms with E-state index in [1.165, 1.54) is 23.6 Å². The van der Waals surface area contributed by atoms with Crippen LogP contribution in [0, 0.1) is 23.7 Å². The van der Waals surface area contributed by atoms with Crippen LogP contribution in [0.15, 0.2) is 23.1 Å². The summed E-state index contributed by atoms with van der Waals surface area (Å²) >= 11 is 0. The molecule has 3 atom stereocenters. The first-order valence-electron chi connectivity index (χ1n) is 12.4. The molecule has 1 aliphatic heterocycles. The lowest BCUT2D eigenvalue weighted by molar-refractivity contribution is 0.0752. The number of nitrogens with zero attached hydrogens (tertiary/aromatic N) is 2. The molecule has 184 valence electrons. The Labute approximate surface area is 200 Å². The first kappa shape index (κ1) is 26.0. The summed E-state index contributed by atoms with van der Waals surface area (Å²) in [5.41, 5.74) is 0.783. The highest BCUT2D eigenvalue weighted by atomic mass is 32.2. The van der Waals surface area contributed by atoms with Crippen LogP contribution in [-0.2, 0) is 10.0 Å². The Kier molecular flexibility index (Phi) is 9.23. The number of aliphatic hydroxyl groups is 1. The molecule has 1 aromatic rings. The number of hydrogen-bond acceptors (Lipinski definition) is 5. The zero-order chi connectivity index (χ0) is 24.0. The van der Waals surface area contributed by atoms with Crippen molar-refractivity contribution in [1.29, 1.82) is 0 Å². The molecule has 1 fully saturated rings. The number of benzene rings is 1. The molecule has 0 saturated heterocycles. The normalized spacial score (nSPS) is 24.7. The van der Waals surface area contributed by atoms with Gasteiger partial charge in [0, 0.05) is 36.5 Å². The molecule has 1 aliphatic carbocycles. The van der Waals surface area contributed by atoms with Crippen LogP contribution in [0.5, 0.6) is 5.75 Å². The summed E-state index contributed by atoms with van der Waals surface area (Å²) in [7, 11) is -1.75. The Bertz CT molecular complexity index is 947. The van der Waals surface area contributed by atoms with Crippen molar-refractivity contribution in [1.82, 2.24) is 9.21 Å². The van der Waals surface area contributed by atoms with E-state index in [0.29, 0.717) is 24.8 Å². The van der Waals surface area contributed by atoms with Crippen molar-refractivity contribution in [3.05, 3.63) is 23.8 Å². The Morgan fingerprint density at radius 3 is 2.67 bits per heavy atom. The van der Waals surface area contributed by atoms with E-state index < -0.39 is 16.1 Å². The summed E-state index contributed by atoms with van der Waals surface area (Å²) in [6.07, 6.45) is 6.89. The fourth-order valence-electron chi connectivity index (χ4n) is 4.73. The van der Waals surface area contributed by atoms with Crippen LogP contribution in [-0.4, -0.2) is 68.2 Å². The summed E-state index contributed by atoms with van der Waals surface area (Å²) < 4.78 is 35.0. The first-order valence-corrected chi connectivity index (χ1v) is 13.8. The number of likely N-dealkylation sites (N-methyl/N-ethyl adjacent to an activating group) is 1. The van der Waals surface area contributed by atoms with Crippen LogP contribution in [0.2, 0.25) is 0 Å². The van der Waals surface area contributed by atoms with Gasteiger partial charge in [-0.3, -0.25) is 0 Å². The number of sulfonamides is 1. The minimum Gasteiger partial charge on any atom is -0.487 e. The second-order valence-electron chi connectivity index (χ2n) is 9.77. The van der Waals surface area contributed by atoms with Gasteiger partial charge < -0.3 is 14.7 Å². The molecule has 1 heterocycles. The fraction of sp³-hybridized carbons (Fsp3) is 0.692. The van der Waals surface area contributed by atoms with Gasteiger partial charge in [0.15, 0.2) is 0 Å². The topological polar surface area (TPSA) is 70.1 Å². The maximum absolute atomic E-state index is 13.6. The quantitative estimate of drug-likeness (QED) is 0.634. The minimum absolute atomic E-state index is 0.0433. The Morgan fingerprint density at radius 2 is 2.00 bits per heavy atom. The second kappa shape index (κ2) is 11.7. The number of rotatable bonds is 6. The van der Waals surface area contributed by atoms with Crippen LogP contribution in [0.25, 0.3) is 0 Å². The number of fused-ring (bicyclic) bond motifs is 1. The molecule has 1 aromatic carbocycles. The lowest BCUT2D eigenvalue weighted by Gasteiger charge is -2.37. The van der Waals surface area contributed by atoms with Crippen molar-refractivity contribution in [2.75, 3.05) is 33.3 Å². The maximum Gasteiger partial charge on any atom is 0.247 e. The lowest BCUT2D eigenvalue weighted by atomic mass is 9.90. The number of hydrogen-bond donors (Lipinski definition) is 1. The van der Waals surface area contributed by atoms with Gasteiger partial charge in [-0.2, -0.15) is 4.31 Å². The molecule has 1 saturated carbocycles. The fourth-order valence-corrected chi connectivity index (χ4v) is 6.56. The third-order valence-corrected chi connectivity index (χ3v) is 8.81. The van der Waals surface area contributed by atoms with Crippen LogP contribution in [0.3, 0.4) is 0 Å². The predicted molar refractivity (Wildman–Crippen MR) is 132 cm³/mol. The number of ether oxygens (including phenoxy) is 1. The summed E-state index contributed by atoms with van der Waals surface area (Å²) in [5, 5.41) is 9.77. The molecule has 0 radical (unpaired) electrons. The summed E-state index contributed by atoms with van der Waals surface area (Å²) in [6, 6.07) is 4.68. The molecule has 0 unspecified atom stereocenters. The van der Waals surface area contributed by atoms with Crippen molar-refractivity contribution < 1.29 is 18.3 Å². The van der Waals surface area contributed by atoms with Gasteiger partial charge in [0.25, 0.3) is 0 Å². The van der Waals surface area contributed by atoms with Crippen molar-refractivity contribution in [2.24, 2.45) is 11.8 Å². The Hall–Kier alpha value is -1.59. The van der Waals surface area contributed by atoms with Crippen LogP contribution >= 0.6 is 0 Å². The third kappa shape index (κ3) is 6.51. The van der Waals surface area contributed by atoms with E-state index in [9.17, 15) is 13.5 Å². The van der Waals surface area contributed by atoms with Crippen LogP contribution in [0.4, 0.5) is 0 Å². The molecule has 1 N–H and O–H groups in total. The molecule has 33 heavy (non-hydrogen) atoms. The molecule has 0 amide bonds. The third-order valence-electron chi connectivity index (χ3n) is 6.79. The Morgan fingerprint density at radius 1 is 1.27 bits per heavy atom. The van der Waals surface area contributed by atoms with E-state index >= 15 is 0 Å². The molecule has 0 bridgehead atoms. The van der Waals surface area contributed by atoms with E-state index in [1.54, 1.807) is 25.1 Å². The van der Waals surface area contributed by atoms with E-state index in [4.69, 9.17) is 4.74 Å². The zero-order valence-electron chi connectivity index (χ0n) is 20.6. The largest absolute Gasteiger partial charge is 0.487 e. The standard InChI is InChI=1S/C26H40N2O4S/c1-5-15-27(4)18-25-20(2)17-28(21(3)19-29)33(30,31)26-14-13-23(16-24(26)32-25)12-11-22-9-7-6-8-10-22/h13-14,16,20-22,25,29H,5-10,15,17-19H2,1-4H3/t20-,21+,25+/m0/s1. The Balaban J connectivity index is 1.99. The van der Waals surface area contributed by atoms with Gasteiger partial charge >= 0.3 is 0 Å². The van der Waals surface area contributed by atoms with Gasteiger partial charge in [0.05, 0.1) is 6.61 Å². The van der Waals surface area contributed by atoms with E-state index in [0.717, 1.165) is 31.4 Å². The summed E-state index contributed by atoms with van der Waals surface area (Å²) in [4.78, 5) is 2.38. The zero-order valence-corrected chi connectivity index (χ0v) is 21.4. The molecule has 0 aromatic heterocycles. The van der Waals surface area contributed by atoms with Gasteiger partial charge in [-0.15, -0.1) is 0 Å². The van der Waals surface area contributed by atoms with Crippen LogP contribution < -0.4 is 4.74 Å². The van der Waals surface area contributed by atoms with Gasteiger partial charge in [0.2, 0.25) is 10.0 Å². The maximum atomic E-state index is 13.6. The van der Waals surface area contributed by atoms with Crippen molar-refractivity contribution in [3.63, 3.8) is 0 Å². The molecule has 7 heteroatoms. The SMILES string of the molecule is CCCN(C)C[C@H]1Oc2cc(C#CC3CCCCC3)ccc2S(=O)(=O)N([C@H](C)CO)C[C@@H]1C. The van der Waals surface area contributed by atoms with E-state index in [2.05, 4.69) is 30.7 Å². The second-order valence-corrected chi connectivity index (χ2v) is 11.6.